The van der Waals surface area contributed by atoms with Gasteiger partial charge in [0, 0.05) is 12.7 Å². The van der Waals surface area contributed by atoms with E-state index in [1.54, 1.807) is 0 Å². The lowest BCUT2D eigenvalue weighted by molar-refractivity contribution is -0.120. The van der Waals surface area contributed by atoms with Gasteiger partial charge in [0.1, 0.15) is 5.82 Å². The monoisotopic (exact) mass is 297 g/mol. The molecule has 0 aliphatic carbocycles. The molecule has 22 heavy (non-hydrogen) atoms. The number of amides is 1. The molecule has 2 N–H and O–H groups in total. The van der Waals surface area contributed by atoms with E-state index in [0.29, 0.717) is 6.54 Å². The Morgan fingerprint density at radius 3 is 2.86 bits per heavy atom. The van der Waals surface area contributed by atoms with Crippen LogP contribution in [0.15, 0.2) is 24.3 Å². The van der Waals surface area contributed by atoms with Crippen LogP contribution in [0.3, 0.4) is 0 Å². The van der Waals surface area contributed by atoms with Gasteiger partial charge in [0.2, 0.25) is 5.91 Å². The van der Waals surface area contributed by atoms with Crippen LogP contribution in [0.2, 0.25) is 0 Å². The van der Waals surface area contributed by atoms with Crippen molar-refractivity contribution in [1.29, 1.82) is 0 Å². The fourth-order valence-electron chi connectivity index (χ4n) is 2.64. The smallest absolute Gasteiger partial charge is 0.226 e. The number of nitrogens with zero attached hydrogens (tertiary/aromatic N) is 3. The lowest BCUT2D eigenvalue weighted by Gasteiger charge is -2.05. The van der Waals surface area contributed by atoms with Gasteiger partial charge in [-0.3, -0.25) is 9.89 Å². The second kappa shape index (κ2) is 5.63. The first-order chi connectivity index (χ1) is 10.5. The normalized spacial score (nSPS) is 11.0. The number of fused-ring (bicyclic) bond motifs is 1. The van der Waals surface area contributed by atoms with Crippen LogP contribution in [-0.2, 0) is 24.8 Å². The van der Waals surface area contributed by atoms with Crippen molar-refractivity contribution in [2.75, 3.05) is 0 Å². The molecule has 3 aromatic rings. The van der Waals surface area contributed by atoms with Crippen molar-refractivity contribution in [3.63, 3.8) is 0 Å². The Morgan fingerprint density at radius 2 is 2.18 bits per heavy atom. The molecule has 0 unspecified atom stereocenters. The molecule has 114 valence electrons. The summed E-state index contributed by atoms with van der Waals surface area (Å²) in [5.74, 6) is 0.783. The van der Waals surface area contributed by atoms with Gasteiger partial charge in [-0.25, -0.2) is 4.98 Å². The summed E-state index contributed by atoms with van der Waals surface area (Å²) in [6, 6.07) is 7.91. The van der Waals surface area contributed by atoms with Crippen LogP contribution in [0, 0.1) is 13.8 Å². The topological polar surface area (TPSA) is 75.6 Å². The van der Waals surface area contributed by atoms with E-state index in [1.165, 1.54) is 5.56 Å². The van der Waals surface area contributed by atoms with Crippen molar-refractivity contribution >= 4 is 16.9 Å². The summed E-state index contributed by atoms with van der Waals surface area (Å²) in [7, 11) is 1.97. The van der Waals surface area contributed by atoms with E-state index >= 15 is 0 Å². The van der Waals surface area contributed by atoms with Crippen LogP contribution < -0.4 is 5.32 Å². The van der Waals surface area contributed by atoms with Crippen LogP contribution in [-0.4, -0.2) is 25.7 Å². The third kappa shape index (κ3) is 2.72. The molecule has 1 aromatic carbocycles. The van der Waals surface area contributed by atoms with Gasteiger partial charge in [-0.1, -0.05) is 12.1 Å². The fraction of sp³-hybridized carbons (Fsp3) is 0.312. The molecule has 0 saturated heterocycles. The number of aromatic nitrogens is 4. The number of aryl methyl sites for hydroxylation is 3. The van der Waals surface area contributed by atoms with Gasteiger partial charge < -0.3 is 9.88 Å². The highest BCUT2D eigenvalue weighted by Crippen LogP contribution is 2.18. The van der Waals surface area contributed by atoms with E-state index in [4.69, 9.17) is 0 Å². The summed E-state index contributed by atoms with van der Waals surface area (Å²) in [6.07, 6.45) is 0.271. The average molecular weight is 297 g/mol. The predicted molar refractivity (Wildman–Crippen MR) is 84.3 cm³/mol. The number of para-hydroxylation sites is 1. The summed E-state index contributed by atoms with van der Waals surface area (Å²) in [4.78, 5) is 16.6. The molecule has 0 saturated carbocycles. The molecule has 1 amide bonds. The third-order valence-electron chi connectivity index (χ3n) is 3.73. The van der Waals surface area contributed by atoms with Gasteiger partial charge in [-0.15, -0.1) is 0 Å². The Kier molecular flexibility index (Phi) is 3.66. The van der Waals surface area contributed by atoms with Gasteiger partial charge in [-0.05, 0) is 31.5 Å². The minimum absolute atomic E-state index is 0.0599. The molecule has 0 aliphatic rings. The van der Waals surface area contributed by atoms with E-state index in [2.05, 4.69) is 33.5 Å². The zero-order chi connectivity index (χ0) is 15.7. The minimum Gasteiger partial charge on any atom is -0.349 e. The summed E-state index contributed by atoms with van der Waals surface area (Å²) in [5.41, 5.74) is 4.94. The zero-order valence-corrected chi connectivity index (χ0v) is 13.0. The average Bonchev–Trinajstić information content (AvgIpc) is 3.01. The standard InChI is InChI=1S/C16H19N5O/c1-10-5-4-6-13-16(10)21(3)14(18-13)9-17-15(22)8-12-7-11(2)19-20-12/h4-7H,8-9H2,1-3H3,(H,17,22)(H,19,20). The molecule has 0 fully saturated rings. The number of hydrogen-bond acceptors (Lipinski definition) is 3. The number of benzene rings is 1. The van der Waals surface area contributed by atoms with Crippen LogP contribution in [0.1, 0.15) is 22.8 Å². The summed E-state index contributed by atoms with van der Waals surface area (Å²) >= 11 is 0. The van der Waals surface area contributed by atoms with Gasteiger partial charge in [0.25, 0.3) is 0 Å². The molecule has 2 aromatic heterocycles. The molecular weight excluding hydrogens is 278 g/mol. The van der Waals surface area contributed by atoms with Gasteiger partial charge in [0.05, 0.1) is 29.7 Å². The molecule has 2 heterocycles. The number of rotatable bonds is 4. The fourth-order valence-corrected chi connectivity index (χ4v) is 2.64. The SMILES string of the molecule is Cc1cc(CC(=O)NCc2nc3cccc(C)c3n2C)n[nH]1. The van der Waals surface area contributed by atoms with E-state index in [-0.39, 0.29) is 12.3 Å². The largest absolute Gasteiger partial charge is 0.349 e. The first-order valence-corrected chi connectivity index (χ1v) is 7.23. The maximum Gasteiger partial charge on any atom is 0.226 e. The first kappa shape index (κ1) is 14.3. The summed E-state index contributed by atoms with van der Waals surface area (Å²) < 4.78 is 2.03. The Balaban J connectivity index is 1.70. The highest BCUT2D eigenvalue weighted by atomic mass is 16.1. The molecule has 6 nitrogen and oxygen atoms in total. The summed E-state index contributed by atoms with van der Waals surface area (Å²) in [6.45, 7) is 4.38. The van der Waals surface area contributed by atoms with Crippen molar-refractivity contribution in [3.8, 4) is 0 Å². The number of hydrogen-bond donors (Lipinski definition) is 2. The molecule has 0 bridgehead atoms. The number of carbonyl (C=O) groups is 1. The lowest BCUT2D eigenvalue weighted by Crippen LogP contribution is -2.26. The molecule has 0 atom stereocenters. The maximum atomic E-state index is 12.0. The number of imidazole rings is 1. The number of nitrogens with one attached hydrogen (secondary N) is 2. The Bertz CT molecular complexity index is 830. The van der Waals surface area contributed by atoms with Crippen molar-refractivity contribution < 1.29 is 4.79 Å². The highest BCUT2D eigenvalue weighted by molar-refractivity contribution is 5.80. The van der Waals surface area contributed by atoms with Crippen molar-refractivity contribution in [3.05, 3.63) is 47.0 Å². The van der Waals surface area contributed by atoms with E-state index < -0.39 is 0 Å². The van der Waals surface area contributed by atoms with Crippen molar-refractivity contribution in [2.24, 2.45) is 7.05 Å². The van der Waals surface area contributed by atoms with E-state index in [0.717, 1.165) is 28.2 Å². The molecule has 0 spiro atoms. The first-order valence-electron chi connectivity index (χ1n) is 7.23. The van der Waals surface area contributed by atoms with Crippen LogP contribution >= 0.6 is 0 Å². The van der Waals surface area contributed by atoms with Crippen molar-refractivity contribution in [1.82, 2.24) is 25.1 Å². The Labute approximate surface area is 128 Å². The van der Waals surface area contributed by atoms with Gasteiger partial charge in [-0.2, -0.15) is 5.10 Å². The van der Waals surface area contributed by atoms with Gasteiger partial charge >= 0.3 is 0 Å². The molecule has 3 rings (SSSR count). The molecular formula is C16H19N5O. The second-order valence-electron chi connectivity index (χ2n) is 5.53. The second-order valence-corrected chi connectivity index (χ2v) is 5.53. The Hall–Kier alpha value is -2.63. The molecule has 0 radical (unpaired) electrons. The van der Waals surface area contributed by atoms with Gasteiger partial charge in [0.15, 0.2) is 0 Å². The highest BCUT2D eigenvalue weighted by Gasteiger charge is 2.11. The Morgan fingerprint density at radius 1 is 1.36 bits per heavy atom. The number of carbonyl (C=O) groups excluding carboxylic acids is 1. The van der Waals surface area contributed by atoms with Crippen LogP contribution in [0.25, 0.3) is 11.0 Å². The van der Waals surface area contributed by atoms with E-state index in [9.17, 15) is 4.79 Å². The summed E-state index contributed by atoms with van der Waals surface area (Å²) in [5, 5.41) is 9.80. The maximum absolute atomic E-state index is 12.0. The zero-order valence-electron chi connectivity index (χ0n) is 13.0. The quantitative estimate of drug-likeness (QED) is 0.770. The van der Waals surface area contributed by atoms with Crippen molar-refractivity contribution in [2.45, 2.75) is 26.8 Å². The molecule has 6 heteroatoms. The third-order valence-corrected chi connectivity index (χ3v) is 3.73. The van der Waals surface area contributed by atoms with Crippen LogP contribution in [0.4, 0.5) is 0 Å². The minimum atomic E-state index is -0.0599. The predicted octanol–water partition coefficient (Wildman–Crippen LogP) is 1.77. The van der Waals surface area contributed by atoms with Crippen LogP contribution in [0.5, 0.6) is 0 Å². The number of H-pyrrole nitrogens is 1. The number of aromatic amines is 1. The lowest BCUT2D eigenvalue weighted by atomic mass is 10.2. The van der Waals surface area contributed by atoms with E-state index in [1.807, 2.05) is 36.7 Å². The molecule has 0 aliphatic heterocycles.